The molecule has 0 saturated carbocycles. The summed E-state index contributed by atoms with van der Waals surface area (Å²) in [5, 5.41) is 23.3. The number of carboxylic acid groups (broad SMARTS) is 1. The highest BCUT2D eigenvalue weighted by Gasteiger charge is 2.21. The van der Waals surface area contributed by atoms with Crippen LogP contribution in [0.2, 0.25) is 0 Å². The number of anilines is 1. The smallest absolute Gasteiger partial charge is 0.341 e. The van der Waals surface area contributed by atoms with Crippen molar-refractivity contribution in [3.05, 3.63) is 72.2 Å². The summed E-state index contributed by atoms with van der Waals surface area (Å²) in [7, 11) is 1.95. The Morgan fingerprint density at radius 1 is 1.15 bits per heavy atom. The molecule has 0 radical (unpaired) electrons. The summed E-state index contributed by atoms with van der Waals surface area (Å²) in [6.45, 7) is 4.78. The molecule has 0 fully saturated rings. The van der Waals surface area contributed by atoms with E-state index in [0.29, 0.717) is 17.9 Å². The van der Waals surface area contributed by atoms with Gasteiger partial charge >= 0.3 is 5.97 Å². The predicted molar refractivity (Wildman–Crippen MR) is 125 cm³/mol. The van der Waals surface area contributed by atoms with Gasteiger partial charge in [0.25, 0.3) is 0 Å². The molecule has 5 rings (SSSR count). The average Bonchev–Trinajstić information content (AvgIpc) is 3.41. The van der Waals surface area contributed by atoms with Crippen LogP contribution in [-0.4, -0.2) is 47.5 Å². The number of aromatic carboxylic acids is 1. The van der Waals surface area contributed by atoms with Crippen LogP contribution in [0, 0.1) is 0 Å². The molecule has 0 bridgehead atoms. The summed E-state index contributed by atoms with van der Waals surface area (Å²) in [5.41, 5.74) is 3.75. The van der Waals surface area contributed by atoms with E-state index in [-0.39, 0.29) is 11.6 Å². The summed E-state index contributed by atoms with van der Waals surface area (Å²) in [5.74, 6) is -0.333. The average molecular weight is 441 g/mol. The highest BCUT2D eigenvalue weighted by atomic mass is 16.4. The number of aromatic nitrogens is 6. The molecule has 0 aliphatic rings. The highest BCUT2D eigenvalue weighted by Crippen LogP contribution is 2.33. The molecule has 9 nitrogen and oxygen atoms in total. The van der Waals surface area contributed by atoms with Crippen LogP contribution in [0.4, 0.5) is 5.82 Å². The van der Waals surface area contributed by atoms with E-state index in [1.54, 1.807) is 10.7 Å². The number of nitrogens with zero attached hydrogens (tertiary/aromatic N) is 7. The number of rotatable bonds is 6. The minimum atomic E-state index is -1.07. The molecular weight excluding hydrogens is 418 g/mol. The number of carboxylic acids is 1. The van der Waals surface area contributed by atoms with Gasteiger partial charge in [-0.3, -0.25) is 0 Å². The van der Waals surface area contributed by atoms with Crippen molar-refractivity contribution in [3.63, 3.8) is 0 Å². The second-order valence-electron chi connectivity index (χ2n) is 8.25. The van der Waals surface area contributed by atoms with Crippen molar-refractivity contribution in [3.8, 4) is 11.3 Å². The largest absolute Gasteiger partial charge is 0.477 e. The van der Waals surface area contributed by atoms with Crippen LogP contribution < -0.4 is 4.90 Å². The minimum Gasteiger partial charge on any atom is -0.477 e. The number of carbonyl (C=O) groups is 1. The molecule has 0 atom stereocenters. The molecule has 0 aliphatic carbocycles. The third-order valence-electron chi connectivity index (χ3n) is 5.67. The predicted octanol–water partition coefficient (Wildman–Crippen LogP) is 4.06. The normalized spacial score (nSPS) is 11.5. The van der Waals surface area contributed by atoms with Gasteiger partial charge < -0.3 is 14.6 Å². The first kappa shape index (κ1) is 20.6. The Balaban J connectivity index is 1.73. The molecular formula is C24H23N7O2. The lowest BCUT2D eigenvalue weighted by Gasteiger charge is -2.21. The zero-order chi connectivity index (χ0) is 23.1. The fraction of sp³-hybridized carbons (Fsp3) is 0.208. The Kier molecular flexibility index (Phi) is 5.01. The summed E-state index contributed by atoms with van der Waals surface area (Å²) in [6, 6.07) is 14.1. The number of fused-ring (bicyclic) bond motifs is 2. The Hall–Kier alpha value is -4.27. The highest BCUT2D eigenvalue weighted by molar-refractivity contribution is 5.97. The van der Waals surface area contributed by atoms with Crippen LogP contribution in [0.5, 0.6) is 0 Å². The first-order valence-electron chi connectivity index (χ1n) is 10.6. The van der Waals surface area contributed by atoms with Crippen molar-refractivity contribution in [2.45, 2.75) is 26.4 Å². The molecule has 9 heteroatoms. The number of benzene rings is 1. The monoisotopic (exact) mass is 441 g/mol. The molecule has 0 aliphatic heterocycles. The van der Waals surface area contributed by atoms with Gasteiger partial charge in [0.1, 0.15) is 11.4 Å². The summed E-state index contributed by atoms with van der Waals surface area (Å²) in [4.78, 5) is 18.6. The van der Waals surface area contributed by atoms with Crippen LogP contribution in [0.1, 0.15) is 35.8 Å². The molecule has 166 valence electrons. The molecule has 33 heavy (non-hydrogen) atoms. The molecule has 1 N–H and O–H groups in total. The van der Waals surface area contributed by atoms with Crippen molar-refractivity contribution >= 4 is 28.5 Å². The van der Waals surface area contributed by atoms with E-state index in [1.807, 2.05) is 53.0 Å². The Morgan fingerprint density at radius 3 is 2.67 bits per heavy atom. The number of hydrogen-bond acceptors (Lipinski definition) is 6. The first-order valence-corrected chi connectivity index (χ1v) is 10.6. The molecule has 5 aromatic rings. The fourth-order valence-corrected chi connectivity index (χ4v) is 4.04. The minimum absolute atomic E-state index is 0.0543. The Labute approximate surface area is 189 Å². The Morgan fingerprint density at radius 2 is 1.94 bits per heavy atom. The van der Waals surface area contributed by atoms with Gasteiger partial charge in [0.2, 0.25) is 0 Å². The van der Waals surface area contributed by atoms with Gasteiger partial charge in [-0.15, -0.1) is 5.10 Å². The topological polar surface area (TPSA) is 101 Å². The van der Waals surface area contributed by atoms with Crippen LogP contribution in [0.15, 0.2) is 61.1 Å². The third-order valence-corrected chi connectivity index (χ3v) is 5.67. The van der Waals surface area contributed by atoms with E-state index in [9.17, 15) is 9.90 Å². The fourth-order valence-electron chi connectivity index (χ4n) is 4.04. The van der Waals surface area contributed by atoms with Gasteiger partial charge in [0.05, 0.1) is 18.1 Å². The SMILES string of the molecule is CC(C)n1cc(-c2cc(N(C)Cc3ccccc3)n3ncc(C(=O)O)c3n2)c2ccnnc21. The van der Waals surface area contributed by atoms with Crippen molar-refractivity contribution in [2.24, 2.45) is 0 Å². The number of hydrogen-bond donors (Lipinski definition) is 1. The lowest BCUT2D eigenvalue weighted by molar-refractivity contribution is 0.0698. The zero-order valence-corrected chi connectivity index (χ0v) is 18.5. The molecule has 1 aromatic carbocycles. The summed E-state index contributed by atoms with van der Waals surface area (Å²) >= 11 is 0. The molecule has 0 amide bonds. The zero-order valence-electron chi connectivity index (χ0n) is 18.5. The van der Waals surface area contributed by atoms with Crippen LogP contribution in [0.3, 0.4) is 0 Å². The van der Waals surface area contributed by atoms with E-state index in [4.69, 9.17) is 4.98 Å². The van der Waals surface area contributed by atoms with Gasteiger partial charge in [-0.25, -0.2) is 9.78 Å². The maximum Gasteiger partial charge on any atom is 0.341 e. The lowest BCUT2D eigenvalue weighted by Crippen LogP contribution is -2.20. The van der Waals surface area contributed by atoms with Gasteiger partial charge in [0, 0.05) is 42.8 Å². The maximum absolute atomic E-state index is 11.9. The Bertz CT molecular complexity index is 1470. The van der Waals surface area contributed by atoms with Crippen LogP contribution >= 0.6 is 0 Å². The first-order chi connectivity index (χ1) is 15.9. The van der Waals surface area contributed by atoms with Crippen LogP contribution in [-0.2, 0) is 6.54 Å². The van der Waals surface area contributed by atoms with Crippen molar-refractivity contribution in [2.75, 3.05) is 11.9 Å². The van der Waals surface area contributed by atoms with Crippen molar-refractivity contribution in [1.82, 2.24) is 29.4 Å². The van der Waals surface area contributed by atoms with Gasteiger partial charge in [0.15, 0.2) is 11.3 Å². The molecule has 0 unspecified atom stereocenters. The summed E-state index contributed by atoms with van der Waals surface area (Å²) < 4.78 is 3.63. The second-order valence-corrected chi connectivity index (χ2v) is 8.25. The molecule has 0 spiro atoms. The van der Waals surface area contributed by atoms with E-state index in [0.717, 1.165) is 28.0 Å². The quantitative estimate of drug-likeness (QED) is 0.424. The van der Waals surface area contributed by atoms with Crippen LogP contribution in [0.25, 0.3) is 27.9 Å². The molecule has 4 heterocycles. The third kappa shape index (κ3) is 3.57. The van der Waals surface area contributed by atoms with Crippen molar-refractivity contribution in [1.29, 1.82) is 0 Å². The van der Waals surface area contributed by atoms with E-state index < -0.39 is 5.97 Å². The van der Waals surface area contributed by atoms with Crippen molar-refractivity contribution < 1.29 is 9.90 Å². The van der Waals surface area contributed by atoms with Gasteiger partial charge in [-0.2, -0.15) is 14.7 Å². The van der Waals surface area contributed by atoms with E-state index in [2.05, 4.69) is 41.3 Å². The standard InChI is InChI=1S/C24H23N7O2/c1-15(2)30-14-19(17-9-10-25-28-23(17)30)20-11-21(29(3)13-16-7-5-4-6-8-16)31-22(27-20)18(12-26-31)24(32)33/h4-12,14-15H,13H2,1-3H3,(H,32,33). The lowest BCUT2D eigenvalue weighted by atomic mass is 10.1. The molecule has 0 saturated heterocycles. The van der Waals surface area contributed by atoms with Gasteiger partial charge in [-0.1, -0.05) is 30.3 Å². The van der Waals surface area contributed by atoms with Gasteiger partial charge in [-0.05, 0) is 25.5 Å². The van der Waals surface area contributed by atoms with E-state index >= 15 is 0 Å². The van der Waals surface area contributed by atoms with E-state index in [1.165, 1.54) is 6.20 Å². The molecule has 4 aromatic heterocycles. The summed E-state index contributed by atoms with van der Waals surface area (Å²) in [6.07, 6.45) is 5.00. The maximum atomic E-state index is 11.9. The second kappa shape index (κ2) is 8.01.